The zero-order valence-electron chi connectivity index (χ0n) is 7.62. The summed E-state index contributed by atoms with van der Waals surface area (Å²) >= 11 is 5.70. The molecule has 0 aliphatic carbocycles. The van der Waals surface area contributed by atoms with Crippen molar-refractivity contribution in [2.45, 2.75) is 6.92 Å². The molecule has 2 N–H and O–H groups in total. The molecule has 14 heavy (non-hydrogen) atoms. The zero-order chi connectivity index (χ0) is 10.6. The lowest BCUT2D eigenvalue weighted by molar-refractivity contribution is -0.131. The highest BCUT2D eigenvalue weighted by atomic mass is 35.5. The van der Waals surface area contributed by atoms with Gasteiger partial charge in [0.1, 0.15) is 0 Å². The van der Waals surface area contributed by atoms with Crippen molar-refractivity contribution in [1.29, 1.82) is 0 Å². The van der Waals surface area contributed by atoms with Gasteiger partial charge in [-0.25, -0.2) is 4.79 Å². The molecule has 3 nitrogen and oxygen atoms in total. The number of hydrogen-bond donors (Lipinski definition) is 2. The number of allylic oxidation sites excluding steroid dienone is 1. The van der Waals surface area contributed by atoms with Gasteiger partial charge >= 0.3 is 5.97 Å². The molecule has 0 saturated carbocycles. The quantitative estimate of drug-likeness (QED) is 0.756. The predicted molar refractivity (Wildman–Crippen MR) is 56.5 cm³/mol. The van der Waals surface area contributed by atoms with Gasteiger partial charge in [0.15, 0.2) is 0 Å². The molecule has 0 aliphatic heterocycles. The number of carboxylic acids is 1. The molecular formula is C10H10ClNO2. The van der Waals surface area contributed by atoms with E-state index in [4.69, 9.17) is 16.7 Å². The van der Waals surface area contributed by atoms with Gasteiger partial charge in [0.2, 0.25) is 0 Å². The van der Waals surface area contributed by atoms with Crippen LogP contribution in [0.2, 0.25) is 5.02 Å². The fourth-order valence-electron chi connectivity index (χ4n) is 0.982. The summed E-state index contributed by atoms with van der Waals surface area (Å²) in [5, 5.41) is 12.0. The third kappa shape index (κ3) is 3.49. The number of aliphatic carboxylic acids is 1. The van der Waals surface area contributed by atoms with Crippen LogP contribution in [-0.4, -0.2) is 11.1 Å². The van der Waals surface area contributed by atoms with Crippen molar-refractivity contribution in [3.05, 3.63) is 41.1 Å². The smallest absolute Gasteiger partial charge is 0.330 e. The van der Waals surface area contributed by atoms with E-state index in [9.17, 15) is 4.79 Å². The molecule has 74 valence electrons. The Balaban J connectivity index is 2.69. The first kappa shape index (κ1) is 10.6. The maximum atomic E-state index is 10.3. The summed E-state index contributed by atoms with van der Waals surface area (Å²) in [6.07, 6.45) is 1.11. The summed E-state index contributed by atoms with van der Waals surface area (Å²) in [5.74, 6) is -0.969. The topological polar surface area (TPSA) is 49.3 Å². The van der Waals surface area contributed by atoms with E-state index in [-0.39, 0.29) is 0 Å². The maximum absolute atomic E-state index is 10.3. The highest BCUT2D eigenvalue weighted by Gasteiger charge is 1.95. The van der Waals surface area contributed by atoms with Crippen molar-refractivity contribution in [2.24, 2.45) is 0 Å². The third-order valence-electron chi connectivity index (χ3n) is 1.53. The van der Waals surface area contributed by atoms with E-state index in [2.05, 4.69) is 5.32 Å². The average Bonchev–Trinajstić information content (AvgIpc) is 2.07. The molecule has 0 unspecified atom stereocenters. The van der Waals surface area contributed by atoms with Crippen molar-refractivity contribution in [3.8, 4) is 0 Å². The molecule has 4 heteroatoms. The van der Waals surface area contributed by atoms with E-state index in [1.54, 1.807) is 31.2 Å². The summed E-state index contributed by atoms with van der Waals surface area (Å²) < 4.78 is 0. The fraction of sp³-hybridized carbons (Fsp3) is 0.100. The largest absolute Gasteiger partial charge is 0.478 e. The molecule has 1 rings (SSSR count). The Morgan fingerprint density at radius 3 is 2.50 bits per heavy atom. The van der Waals surface area contributed by atoms with Crippen LogP contribution in [0.1, 0.15) is 6.92 Å². The molecule has 1 aromatic rings. The van der Waals surface area contributed by atoms with E-state index in [0.717, 1.165) is 11.8 Å². The van der Waals surface area contributed by atoms with Gasteiger partial charge in [0, 0.05) is 22.5 Å². The Kier molecular flexibility index (Phi) is 3.54. The second kappa shape index (κ2) is 4.67. The fourth-order valence-corrected chi connectivity index (χ4v) is 1.11. The first-order chi connectivity index (χ1) is 6.58. The van der Waals surface area contributed by atoms with E-state index in [1.165, 1.54) is 0 Å². The lowest BCUT2D eigenvalue weighted by atomic mass is 10.3. The lowest BCUT2D eigenvalue weighted by Gasteiger charge is -2.05. The number of nitrogens with one attached hydrogen (secondary N) is 1. The molecule has 0 bridgehead atoms. The molecule has 0 fully saturated rings. The van der Waals surface area contributed by atoms with Crippen molar-refractivity contribution >= 4 is 23.3 Å². The average molecular weight is 212 g/mol. The predicted octanol–water partition coefficient (Wildman–Crippen LogP) is 2.74. The van der Waals surface area contributed by atoms with Gasteiger partial charge in [0.25, 0.3) is 0 Å². The van der Waals surface area contributed by atoms with Crippen molar-refractivity contribution in [1.82, 2.24) is 0 Å². The van der Waals surface area contributed by atoms with Crippen LogP contribution < -0.4 is 5.32 Å². The molecule has 0 atom stereocenters. The van der Waals surface area contributed by atoms with Crippen LogP contribution in [-0.2, 0) is 4.79 Å². The van der Waals surface area contributed by atoms with Gasteiger partial charge < -0.3 is 10.4 Å². The number of anilines is 1. The van der Waals surface area contributed by atoms with Crippen molar-refractivity contribution in [2.75, 3.05) is 5.32 Å². The van der Waals surface area contributed by atoms with Crippen LogP contribution in [0.3, 0.4) is 0 Å². The zero-order valence-corrected chi connectivity index (χ0v) is 8.38. The Morgan fingerprint density at radius 2 is 2.00 bits per heavy atom. The van der Waals surface area contributed by atoms with Gasteiger partial charge in [-0.05, 0) is 31.2 Å². The molecule has 0 amide bonds. The summed E-state index contributed by atoms with van der Waals surface area (Å²) in [5.41, 5.74) is 1.38. The first-order valence-electron chi connectivity index (χ1n) is 4.02. The summed E-state index contributed by atoms with van der Waals surface area (Å²) in [7, 11) is 0. The summed E-state index contributed by atoms with van der Waals surface area (Å²) in [6.45, 7) is 1.68. The number of carboxylic acid groups (broad SMARTS) is 1. The van der Waals surface area contributed by atoms with Gasteiger partial charge in [-0.1, -0.05) is 11.6 Å². The Labute approximate surface area is 87.0 Å². The Hall–Kier alpha value is -1.48. The van der Waals surface area contributed by atoms with Crippen LogP contribution in [0.15, 0.2) is 36.0 Å². The van der Waals surface area contributed by atoms with E-state index >= 15 is 0 Å². The van der Waals surface area contributed by atoms with Gasteiger partial charge in [-0.3, -0.25) is 0 Å². The first-order valence-corrected chi connectivity index (χ1v) is 4.39. The molecular weight excluding hydrogens is 202 g/mol. The van der Waals surface area contributed by atoms with E-state index < -0.39 is 5.97 Å². The van der Waals surface area contributed by atoms with E-state index in [0.29, 0.717) is 10.7 Å². The van der Waals surface area contributed by atoms with Crippen LogP contribution in [0.25, 0.3) is 0 Å². The van der Waals surface area contributed by atoms with Crippen molar-refractivity contribution < 1.29 is 9.90 Å². The lowest BCUT2D eigenvalue weighted by Crippen LogP contribution is -1.99. The number of halogens is 1. The minimum Gasteiger partial charge on any atom is -0.478 e. The SMILES string of the molecule is CC(=CC(=O)O)Nc1ccc(Cl)cc1. The normalized spacial score (nSPS) is 11.1. The number of carbonyl (C=O) groups is 1. The second-order valence-corrected chi connectivity index (χ2v) is 3.23. The molecule has 0 heterocycles. The molecule has 0 spiro atoms. The number of hydrogen-bond acceptors (Lipinski definition) is 2. The minimum absolute atomic E-state index is 0.569. The van der Waals surface area contributed by atoms with Gasteiger partial charge in [0.05, 0.1) is 0 Å². The van der Waals surface area contributed by atoms with Crippen LogP contribution in [0, 0.1) is 0 Å². The highest BCUT2D eigenvalue weighted by Crippen LogP contribution is 2.14. The van der Waals surface area contributed by atoms with Crippen LogP contribution >= 0.6 is 11.6 Å². The summed E-state index contributed by atoms with van der Waals surface area (Å²) in [4.78, 5) is 10.3. The molecule has 0 aromatic heterocycles. The number of rotatable bonds is 3. The van der Waals surface area contributed by atoms with Crippen LogP contribution in [0.4, 0.5) is 5.69 Å². The monoisotopic (exact) mass is 211 g/mol. The maximum Gasteiger partial charge on any atom is 0.330 e. The summed E-state index contributed by atoms with van der Waals surface area (Å²) in [6, 6.07) is 7.03. The van der Waals surface area contributed by atoms with Crippen molar-refractivity contribution in [3.63, 3.8) is 0 Å². The minimum atomic E-state index is -0.969. The van der Waals surface area contributed by atoms with E-state index in [1.807, 2.05) is 0 Å². The molecule has 0 aliphatic rings. The Morgan fingerprint density at radius 1 is 1.43 bits per heavy atom. The Bertz CT molecular complexity index is 357. The van der Waals surface area contributed by atoms with Gasteiger partial charge in [-0.2, -0.15) is 0 Å². The number of benzene rings is 1. The molecule has 0 radical (unpaired) electrons. The standard InChI is InChI=1S/C10H10ClNO2/c1-7(6-10(13)14)12-9-4-2-8(11)3-5-9/h2-6,12H,1H3,(H,13,14). The van der Waals surface area contributed by atoms with Crippen LogP contribution in [0.5, 0.6) is 0 Å². The molecule has 1 aromatic carbocycles. The van der Waals surface area contributed by atoms with Gasteiger partial charge in [-0.15, -0.1) is 0 Å². The third-order valence-corrected chi connectivity index (χ3v) is 1.78. The second-order valence-electron chi connectivity index (χ2n) is 2.80. The highest BCUT2D eigenvalue weighted by molar-refractivity contribution is 6.30. The molecule has 0 saturated heterocycles.